The van der Waals surface area contributed by atoms with Crippen LogP contribution < -0.4 is 4.72 Å². The molecule has 0 aromatic carbocycles. The van der Waals surface area contributed by atoms with Gasteiger partial charge >= 0.3 is 0 Å². The fraction of sp³-hybridized carbons (Fsp3) is 0.400. The molecule has 118 valence electrons. The number of sulfonamides is 1. The van der Waals surface area contributed by atoms with Gasteiger partial charge in [-0.3, -0.25) is 9.88 Å². The highest BCUT2D eigenvalue weighted by molar-refractivity contribution is 7.88. The average molecular weight is 321 g/mol. The average Bonchev–Trinajstić information content (AvgIpc) is 2.97. The molecule has 7 heteroatoms. The molecule has 0 fully saturated rings. The first-order valence-electron chi connectivity index (χ1n) is 7.15. The molecule has 0 saturated heterocycles. The van der Waals surface area contributed by atoms with Crippen molar-refractivity contribution < 1.29 is 12.8 Å². The number of hydrogen-bond donors (Lipinski definition) is 1. The topological polar surface area (TPSA) is 75.4 Å². The molecule has 2 aromatic rings. The second-order valence-corrected chi connectivity index (χ2v) is 7.40. The number of hydrogen-bond acceptors (Lipinski definition) is 5. The Bertz CT molecular complexity index is 741. The first kappa shape index (κ1) is 15.2. The van der Waals surface area contributed by atoms with Gasteiger partial charge in [0.25, 0.3) is 0 Å². The Morgan fingerprint density at radius 1 is 1.41 bits per heavy atom. The fourth-order valence-electron chi connectivity index (χ4n) is 2.75. The number of rotatable bonds is 5. The van der Waals surface area contributed by atoms with Gasteiger partial charge in [0.05, 0.1) is 19.1 Å². The zero-order chi connectivity index (χ0) is 15.6. The standard InChI is InChI=1S/C15H19N3O3S/c1-22(19,20)17-9-12-7-16-8-13-10-18(5-4-15(12)13)11-14-3-2-6-21-14/h2-3,6-8,17H,4-5,9-11H2,1H3. The van der Waals surface area contributed by atoms with Crippen LogP contribution in [-0.4, -0.2) is 31.1 Å². The maximum Gasteiger partial charge on any atom is 0.209 e. The summed E-state index contributed by atoms with van der Waals surface area (Å²) < 4.78 is 30.4. The van der Waals surface area contributed by atoms with Crippen molar-refractivity contribution in [3.63, 3.8) is 0 Å². The van der Waals surface area contributed by atoms with Crippen molar-refractivity contribution in [1.82, 2.24) is 14.6 Å². The molecule has 1 aliphatic heterocycles. The van der Waals surface area contributed by atoms with E-state index in [0.717, 1.165) is 42.9 Å². The predicted molar refractivity (Wildman–Crippen MR) is 82.4 cm³/mol. The third-order valence-electron chi connectivity index (χ3n) is 3.79. The SMILES string of the molecule is CS(=O)(=O)NCc1cncc2c1CCN(Cc1ccco1)C2. The normalized spacial score (nSPS) is 15.7. The van der Waals surface area contributed by atoms with Crippen LogP contribution in [-0.2, 0) is 36.1 Å². The Balaban J connectivity index is 1.72. The molecular formula is C15H19N3O3S. The minimum absolute atomic E-state index is 0.299. The van der Waals surface area contributed by atoms with Gasteiger partial charge in [0, 0.05) is 32.0 Å². The van der Waals surface area contributed by atoms with E-state index >= 15 is 0 Å². The van der Waals surface area contributed by atoms with Crippen LogP contribution in [0.3, 0.4) is 0 Å². The van der Waals surface area contributed by atoms with Gasteiger partial charge in [0.2, 0.25) is 10.0 Å². The Morgan fingerprint density at radius 3 is 3.00 bits per heavy atom. The molecule has 0 aliphatic carbocycles. The molecule has 0 radical (unpaired) electrons. The lowest BCUT2D eigenvalue weighted by molar-refractivity contribution is 0.225. The summed E-state index contributed by atoms with van der Waals surface area (Å²) in [6, 6.07) is 3.87. The predicted octanol–water partition coefficient (Wildman–Crippen LogP) is 1.28. The number of aromatic nitrogens is 1. The van der Waals surface area contributed by atoms with Gasteiger partial charge in [0.1, 0.15) is 5.76 Å². The maximum absolute atomic E-state index is 11.3. The van der Waals surface area contributed by atoms with Crippen LogP contribution in [0.25, 0.3) is 0 Å². The largest absolute Gasteiger partial charge is 0.468 e. The number of furan rings is 1. The molecule has 1 N–H and O–H groups in total. The van der Waals surface area contributed by atoms with Crippen molar-refractivity contribution >= 4 is 10.0 Å². The molecular weight excluding hydrogens is 302 g/mol. The summed E-state index contributed by atoms with van der Waals surface area (Å²) in [5.74, 6) is 0.950. The highest BCUT2D eigenvalue weighted by Gasteiger charge is 2.20. The minimum Gasteiger partial charge on any atom is -0.468 e. The molecule has 3 rings (SSSR count). The zero-order valence-corrected chi connectivity index (χ0v) is 13.3. The summed E-state index contributed by atoms with van der Waals surface area (Å²) in [4.78, 5) is 6.55. The second-order valence-electron chi connectivity index (χ2n) is 5.57. The van der Waals surface area contributed by atoms with Crippen LogP contribution in [0.4, 0.5) is 0 Å². The Morgan fingerprint density at radius 2 is 2.27 bits per heavy atom. The molecule has 3 heterocycles. The van der Waals surface area contributed by atoms with Crippen LogP contribution in [0.15, 0.2) is 35.2 Å². The fourth-order valence-corrected chi connectivity index (χ4v) is 3.16. The quantitative estimate of drug-likeness (QED) is 0.898. The molecule has 0 amide bonds. The third kappa shape index (κ3) is 3.73. The number of pyridine rings is 1. The lowest BCUT2D eigenvalue weighted by atomic mass is 9.97. The van der Waals surface area contributed by atoms with E-state index in [2.05, 4.69) is 14.6 Å². The summed E-state index contributed by atoms with van der Waals surface area (Å²) in [5, 5.41) is 0. The summed E-state index contributed by atoms with van der Waals surface area (Å²) in [6.07, 6.45) is 7.36. The van der Waals surface area contributed by atoms with Crippen molar-refractivity contribution in [2.24, 2.45) is 0 Å². The van der Waals surface area contributed by atoms with Gasteiger partial charge in [-0.15, -0.1) is 0 Å². The molecule has 1 aliphatic rings. The van der Waals surface area contributed by atoms with Crippen molar-refractivity contribution in [2.45, 2.75) is 26.1 Å². The van der Waals surface area contributed by atoms with E-state index < -0.39 is 10.0 Å². The molecule has 0 spiro atoms. The third-order valence-corrected chi connectivity index (χ3v) is 4.46. The first-order chi connectivity index (χ1) is 10.5. The summed E-state index contributed by atoms with van der Waals surface area (Å²) in [5.41, 5.74) is 3.33. The van der Waals surface area contributed by atoms with Gasteiger partial charge in [-0.25, -0.2) is 13.1 Å². The van der Waals surface area contributed by atoms with Crippen LogP contribution in [0.2, 0.25) is 0 Å². The molecule has 0 atom stereocenters. The van der Waals surface area contributed by atoms with Crippen LogP contribution >= 0.6 is 0 Å². The summed E-state index contributed by atoms with van der Waals surface area (Å²) in [6.45, 7) is 2.80. The van der Waals surface area contributed by atoms with E-state index in [-0.39, 0.29) is 0 Å². The van der Waals surface area contributed by atoms with Crippen molar-refractivity contribution in [3.8, 4) is 0 Å². The summed E-state index contributed by atoms with van der Waals surface area (Å²) in [7, 11) is -3.19. The Labute approximate surface area is 130 Å². The van der Waals surface area contributed by atoms with E-state index in [1.165, 1.54) is 11.8 Å². The molecule has 6 nitrogen and oxygen atoms in total. The molecule has 2 aromatic heterocycles. The van der Waals surface area contributed by atoms with E-state index in [4.69, 9.17) is 4.42 Å². The van der Waals surface area contributed by atoms with Gasteiger partial charge < -0.3 is 4.42 Å². The second kappa shape index (κ2) is 6.20. The highest BCUT2D eigenvalue weighted by atomic mass is 32.2. The van der Waals surface area contributed by atoms with Crippen molar-refractivity contribution in [1.29, 1.82) is 0 Å². The van der Waals surface area contributed by atoms with Gasteiger partial charge in [-0.2, -0.15) is 0 Å². The van der Waals surface area contributed by atoms with Crippen molar-refractivity contribution in [3.05, 3.63) is 53.2 Å². The van der Waals surface area contributed by atoms with Gasteiger partial charge in [-0.05, 0) is 35.2 Å². The van der Waals surface area contributed by atoms with Crippen molar-refractivity contribution in [2.75, 3.05) is 12.8 Å². The molecule has 0 saturated carbocycles. The van der Waals surface area contributed by atoms with E-state index in [9.17, 15) is 8.42 Å². The highest BCUT2D eigenvalue weighted by Crippen LogP contribution is 2.23. The van der Waals surface area contributed by atoms with Crippen LogP contribution in [0.5, 0.6) is 0 Å². The van der Waals surface area contributed by atoms with Crippen LogP contribution in [0, 0.1) is 0 Å². The smallest absolute Gasteiger partial charge is 0.209 e. The monoisotopic (exact) mass is 321 g/mol. The molecule has 0 unspecified atom stereocenters. The van der Waals surface area contributed by atoms with Gasteiger partial charge in [-0.1, -0.05) is 0 Å². The Hall–Kier alpha value is -1.70. The van der Waals surface area contributed by atoms with Crippen LogP contribution in [0.1, 0.15) is 22.5 Å². The van der Waals surface area contributed by atoms with E-state index in [0.29, 0.717) is 6.54 Å². The lowest BCUT2D eigenvalue weighted by Crippen LogP contribution is -2.31. The number of nitrogens with zero attached hydrogens (tertiary/aromatic N) is 2. The first-order valence-corrected chi connectivity index (χ1v) is 9.04. The lowest BCUT2D eigenvalue weighted by Gasteiger charge is -2.29. The molecule has 22 heavy (non-hydrogen) atoms. The zero-order valence-electron chi connectivity index (χ0n) is 12.4. The molecule has 0 bridgehead atoms. The number of nitrogens with one attached hydrogen (secondary N) is 1. The van der Waals surface area contributed by atoms with E-state index in [1.54, 1.807) is 12.5 Å². The Kier molecular flexibility index (Phi) is 4.28. The van der Waals surface area contributed by atoms with Gasteiger partial charge in [0.15, 0.2) is 0 Å². The maximum atomic E-state index is 11.3. The van der Waals surface area contributed by atoms with E-state index in [1.807, 2.05) is 18.3 Å². The summed E-state index contributed by atoms with van der Waals surface area (Å²) >= 11 is 0. The minimum atomic E-state index is -3.19. The number of fused-ring (bicyclic) bond motifs is 1.